The predicted molar refractivity (Wildman–Crippen MR) is 75.1 cm³/mol. The van der Waals surface area contributed by atoms with Gasteiger partial charge in [0.05, 0.1) is 16.7 Å². The van der Waals surface area contributed by atoms with Gasteiger partial charge >= 0.3 is 0 Å². The molecule has 3 heteroatoms. The van der Waals surface area contributed by atoms with Crippen LogP contribution < -0.4 is 0 Å². The maximum absolute atomic E-state index is 12.5. The van der Waals surface area contributed by atoms with Crippen LogP contribution in [0.1, 0.15) is 61.8 Å². The van der Waals surface area contributed by atoms with Crippen molar-refractivity contribution in [2.24, 2.45) is 5.41 Å². The Morgan fingerprint density at radius 1 is 0.947 bits per heavy atom. The molecular formula is C16H21NO2. The zero-order valence-corrected chi connectivity index (χ0v) is 12.3. The summed E-state index contributed by atoms with van der Waals surface area (Å²) in [4.78, 5) is 26.5. The number of fused-ring (bicyclic) bond motifs is 1. The molecule has 0 aliphatic carbocycles. The molecule has 0 bridgehead atoms. The summed E-state index contributed by atoms with van der Waals surface area (Å²) in [6, 6.07) is 7.05. The lowest BCUT2D eigenvalue weighted by atomic mass is 9.71. The maximum atomic E-state index is 12.5. The van der Waals surface area contributed by atoms with E-state index in [9.17, 15) is 9.59 Å². The van der Waals surface area contributed by atoms with E-state index in [1.165, 1.54) is 4.90 Å². The summed E-state index contributed by atoms with van der Waals surface area (Å²) in [6.45, 7) is 10.2. The van der Waals surface area contributed by atoms with E-state index >= 15 is 0 Å². The van der Waals surface area contributed by atoms with Gasteiger partial charge in [-0.05, 0) is 37.8 Å². The van der Waals surface area contributed by atoms with Gasteiger partial charge in [0.1, 0.15) is 0 Å². The molecule has 0 atom stereocenters. The van der Waals surface area contributed by atoms with E-state index in [4.69, 9.17) is 0 Å². The number of carbonyl (C=O) groups is 2. The van der Waals surface area contributed by atoms with Gasteiger partial charge < -0.3 is 0 Å². The lowest BCUT2D eigenvalue weighted by Gasteiger charge is -2.46. The van der Waals surface area contributed by atoms with Crippen molar-refractivity contribution in [2.45, 2.75) is 46.6 Å². The summed E-state index contributed by atoms with van der Waals surface area (Å²) >= 11 is 0. The quantitative estimate of drug-likeness (QED) is 0.779. The molecule has 2 amide bonds. The third-order valence-corrected chi connectivity index (χ3v) is 4.89. The van der Waals surface area contributed by atoms with Crippen LogP contribution in [0.2, 0.25) is 0 Å². The number of carbonyl (C=O) groups excluding carboxylic acids is 2. The standard InChI is InChI=1S/C16H21NO2/c1-6-15(2,3)16(4,5)17-13(18)11-9-7-8-10-12(11)14(17)19/h7-10H,6H2,1-5H3. The van der Waals surface area contributed by atoms with Gasteiger partial charge in [0.2, 0.25) is 0 Å². The number of imide groups is 1. The average Bonchev–Trinajstić information content (AvgIpc) is 2.62. The monoisotopic (exact) mass is 259 g/mol. The first kappa shape index (κ1) is 13.8. The Balaban J connectivity index is 2.51. The van der Waals surface area contributed by atoms with E-state index in [1.807, 2.05) is 13.8 Å². The first-order valence-electron chi connectivity index (χ1n) is 6.72. The van der Waals surface area contributed by atoms with Crippen LogP contribution in [0.5, 0.6) is 0 Å². The van der Waals surface area contributed by atoms with Crippen molar-refractivity contribution in [2.75, 3.05) is 0 Å². The number of rotatable bonds is 3. The molecule has 2 rings (SSSR count). The second-order valence-electron chi connectivity index (χ2n) is 6.29. The molecule has 0 unspecified atom stereocenters. The minimum absolute atomic E-state index is 0.139. The van der Waals surface area contributed by atoms with Crippen molar-refractivity contribution in [1.29, 1.82) is 0 Å². The van der Waals surface area contributed by atoms with E-state index in [-0.39, 0.29) is 17.2 Å². The van der Waals surface area contributed by atoms with Gasteiger partial charge in [-0.15, -0.1) is 0 Å². The number of nitrogens with zero attached hydrogens (tertiary/aromatic N) is 1. The largest absolute Gasteiger partial charge is 0.269 e. The molecule has 1 aromatic carbocycles. The fraction of sp³-hybridized carbons (Fsp3) is 0.500. The van der Waals surface area contributed by atoms with Crippen molar-refractivity contribution < 1.29 is 9.59 Å². The predicted octanol–water partition coefficient (Wildman–Crippen LogP) is 3.50. The fourth-order valence-electron chi connectivity index (χ4n) is 2.43. The van der Waals surface area contributed by atoms with Crippen molar-refractivity contribution in [1.82, 2.24) is 4.90 Å². The van der Waals surface area contributed by atoms with Crippen molar-refractivity contribution >= 4 is 11.8 Å². The highest BCUT2D eigenvalue weighted by Crippen LogP contribution is 2.42. The lowest BCUT2D eigenvalue weighted by Crippen LogP contribution is -2.56. The summed E-state index contributed by atoms with van der Waals surface area (Å²) in [5, 5.41) is 0. The Bertz CT molecular complexity index is 508. The molecular weight excluding hydrogens is 238 g/mol. The van der Waals surface area contributed by atoms with Gasteiger partial charge in [0.25, 0.3) is 11.8 Å². The molecule has 1 aliphatic heterocycles. The summed E-state index contributed by atoms with van der Waals surface area (Å²) in [5.41, 5.74) is 0.384. The van der Waals surface area contributed by atoms with Gasteiger partial charge in [-0.3, -0.25) is 14.5 Å². The third kappa shape index (κ3) is 1.79. The average molecular weight is 259 g/mol. The van der Waals surface area contributed by atoms with Crippen molar-refractivity contribution in [3.05, 3.63) is 35.4 Å². The first-order chi connectivity index (χ1) is 8.74. The van der Waals surface area contributed by atoms with Crippen molar-refractivity contribution in [3.8, 4) is 0 Å². The maximum Gasteiger partial charge on any atom is 0.262 e. The van der Waals surface area contributed by atoms with E-state index in [2.05, 4.69) is 20.8 Å². The highest BCUT2D eigenvalue weighted by molar-refractivity contribution is 6.21. The minimum atomic E-state index is -0.519. The second kappa shape index (κ2) is 4.19. The summed E-state index contributed by atoms with van der Waals surface area (Å²) in [6.07, 6.45) is 0.896. The number of hydrogen-bond donors (Lipinski definition) is 0. The van der Waals surface area contributed by atoms with Gasteiger partial charge in [-0.2, -0.15) is 0 Å². The van der Waals surface area contributed by atoms with Gasteiger partial charge in [-0.1, -0.05) is 32.9 Å². The SMILES string of the molecule is CCC(C)(C)C(C)(C)N1C(=O)c2ccccc2C1=O. The zero-order valence-electron chi connectivity index (χ0n) is 12.3. The Labute approximate surface area is 114 Å². The zero-order chi connectivity index (χ0) is 14.4. The highest BCUT2D eigenvalue weighted by atomic mass is 16.2. The molecule has 0 N–H and O–H groups in total. The van der Waals surface area contributed by atoms with Crippen LogP contribution in [-0.4, -0.2) is 22.3 Å². The molecule has 102 valence electrons. The minimum Gasteiger partial charge on any atom is -0.269 e. The highest BCUT2D eigenvalue weighted by Gasteiger charge is 2.50. The van der Waals surface area contributed by atoms with Gasteiger partial charge in [0, 0.05) is 0 Å². The Kier molecular flexibility index (Phi) is 3.04. The fourth-order valence-corrected chi connectivity index (χ4v) is 2.43. The Morgan fingerprint density at radius 3 is 1.74 bits per heavy atom. The van der Waals surface area contributed by atoms with Gasteiger partial charge in [0.15, 0.2) is 0 Å². The summed E-state index contributed by atoms with van der Waals surface area (Å²) in [5.74, 6) is -0.348. The number of hydrogen-bond acceptors (Lipinski definition) is 2. The molecule has 0 aromatic heterocycles. The summed E-state index contributed by atoms with van der Waals surface area (Å²) in [7, 11) is 0. The van der Waals surface area contributed by atoms with E-state index in [0.717, 1.165) is 6.42 Å². The molecule has 0 spiro atoms. The van der Waals surface area contributed by atoms with E-state index in [1.54, 1.807) is 24.3 Å². The molecule has 1 aromatic rings. The van der Waals surface area contributed by atoms with Crippen LogP contribution >= 0.6 is 0 Å². The molecule has 19 heavy (non-hydrogen) atoms. The van der Waals surface area contributed by atoms with Crippen LogP contribution in [0.3, 0.4) is 0 Å². The molecule has 0 radical (unpaired) electrons. The number of amides is 2. The van der Waals surface area contributed by atoms with Crippen LogP contribution in [-0.2, 0) is 0 Å². The molecule has 0 fully saturated rings. The lowest BCUT2D eigenvalue weighted by molar-refractivity contribution is 0.0158. The smallest absolute Gasteiger partial charge is 0.262 e. The van der Waals surface area contributed by atoms with Crippen LogP contribution in [0.25, 0.3) is 0 Å². The Hall–Kier alpha value is -1.64. The topological polar surface area (TPSA) is 37.4 Å². The van der Waals surface area contributed by atoms with Gasteiger partial charge in [-0.25, -0.2) is 0 Å². The molecule has 0 saturated heterocycles. The van der Waals surface area contributed by atoms with E-state index in [0.29, 0.717) is 11.1 Å². The molecule has 3 nitrogen and oxygen atoms in total. The second-order valence-corrected chi connectivity index (χ2v) is 6.29. The molecule has 0 saturated carbocycles. The van der Waals surface area contributed by atoms with Crippen LogP contribution in [0.4, 0.5) is 0 Å². The molecule has 1 aliphatic rings. The summed E-state index contributed by atoms with van der Waals surface area (Å²) < 4.78 is 0. The van der Waals surface area contributed by atoms with E-state index < -0.39 is 5.54 Å². The number of benzene rings is 1. The van der Waals surface area contributed by atoms with Crippen LogP contribution in [0.15, 0.2) is 24.3 Å². The first-order valence-corrected chi connectivity index (χ1v) is 6.72. The Morgan fingerprint density at radius 2 is 1.37 bits per heavy atom. The normalized spacial score (nSPS) is 15.9. The third-order valence-electron chi connectivity index (χ3n) is 4.89. The van der Waals surface area contributed by atoms with Crippen molar-refractivity contribution in [3.63, 3.8) is 0 Å². The van der Waals surface area contributed by atoms with Crippen LogP contribution in [0, 0.1) is 5.41 Å². The molecule has 1 heterocycles.